The van der Waals surface area contributed by atoms with Crippen LogP contribution in [0.5, 0.6) is 5.75 Å². The molecule has 0 bridgehead atoms. The highest BCUT2D eigenvalue weighted by Crippen LogP contribution is 2.21. The Morgan fingerprint density at radius 1 is 1.24 bits per heavy atom. The van der Waals surface area contributed by atoms with E-state index in [-0.39, 0.29) is 5.78 Å². The molecule has 128 valence electrons. The van der Waals surface area contributed by atoms with Gasteiger partial charge in [0.2, 0.25) is 0 Å². The zero-order valence-corrected chi connectivity index (χ0v) is 16.1. The molecular weight excluding hydrogens is 400 g/mol. The standard InChI is InChI=1S/C20H17BrO3S/c1-2-14-3-5-16(6-4-14)23-12-18-8-7-17(24-18)9-10-19(22)20-11-15(21)13-25-20/h3-11,13H,2,12H2,1H3/b10-9+. The van der Waals surface area contributed by atoms with Gasteiger partial charge in [-0.2, -0.15) is 0 Å². The first-order valence-corrected chi connectivity index (χ1v) is 9.58. The van der Waals surface area contributed by atoms with E-state index >= 15 is 0 Å². The second-order valence-corrected chi connectivity index (χ2v) is 7.24. The molecule has 3 rings (SSSR count). The first-order chi connectivity index (χ1) is 12.1. The lowest BCUT2D eigenvalue weighted by Gasteiger charge is -2.04. The van der Waals surface area contributed by atoms with Gasteiger partial charge in [-0.05, 0) is 70.4 Å². The number of carbonyl (C=O) groups excluding carboxylic acids is 1. The number of halogens is 1. The van der Waals surface area contributed by atoms with Crippen LogP contribution in [0.3, 0.4) is 0 Å². The van der Waals surface area contributed by atoms with Crippen LogP contribution < -0.4 is 4.74 Å². The van der Waals surface area contributed by atoms with Crippen LogP contribution in [0.1, 0.15) is 33.7 Å². The van der Waals surface area contributed by atoms with Crippen molar-refractivity contribution in [3.8, 4) is 5.75 Å². The number of allylic oxidation sites excluding steroid dienone is 1. The van der Waals surface area contributed by atoms with E-state index in [4.69, 9.17) is 9.15 Å². The molecule has 0 fully saturated rings. The molecule has 1 aromatic carbocycles. The molecule has 0 amide bonds. The van der Waals surface area contributed by atoms with E-state index in [9.17, 15) is 4.79 Å². The van der Waals surface area contributed by atoms with Crippen molar-refractivity contribution in [2.75, 3.05) is 0 Å². The van der Waals surface area contributed by atoms with Crippen molar-refractivity contribution < 1.29 is 13.9 Å². The number of aryl methyl sites for hydroxylation is 1. The van der Waals surface area contributed by atoms with Crippen molar-refractivity contribution >= 4 is 39.1 Å². The maximum atomic E-state index is 12.0. The SMILES string of the molecule is CCc1ccc(OCc2ccc(/C=C/C(=O)c3cc(Br)cs3)o2)cc1. The summed E-state index contributed by atoms with van der Waals surface area (Å²) in [6, 6.07) is 13.5. The minimum absolute atomic E-state index is 0.0408. The van der Waals surface area contributed by atoms with E-state index in [0.29, 0.717) is 23.0 Å². The quantitative estimate of drug-likeness (QED) is 0.342. The minimum atomic E-state index is -0.0408. The third-order valence-corrected chi connectivity index (χ3v) is 5.31. The van der Waals surface area contributed by atoms with Crippen molar-refractivity contribution in [2.24, 2.45) is 0 Å². The Labute approximate surface area is 159 Å². The van der Waals surface area contributed by atoms with Gasteiger partial charge in [0.15, 0.2) is 5.78 Å². The normalized spacial score (nSPS) is 11.1. The summed E-state index contributed by atoms with van der Waals surface area (Å²) in [5.41, 5.74) is 1.28. The Morgan fingerprint density at radius 3 is 2.72 bits per heavy atom. The molecule has 3 nitrogen and oxygen atoms in total. The maximum absolute atomic E-state index is 12.0. The molecule has 0 saturated heterocycles. The number of furan rings is 1. The predicted molar refractivity (Wildman–Crippen MR) is 104 cm³/mol. The van der Waals surface area contributed by atoms with Crippen LogP contribution in [-0.4, -0.2) is 5.78 Å². The summed E-state index contributed by atoms with van der Waals surface area (Å²) in [4.78, 5) is 12.7. The van der Waals surface area contributed by atoms with Crippen LogP contribution in [0.15, 0.2) is 62.8 Å². The van der Waals surface area contributed by atoms with E-state index in [2.05, 4.69) is 35.0 Å². The lowest BCUT2D eigenvalue weighted by Crippen LogP contribution is -1.93. The second-order valence-electron chi connectivity index (χ2n) is 5.42. The van der Waals surface area contributed by atoms with E-state index in [1.165, 1.54) is 23.0 Å². The van der Waals surface area contributed by atoms with Gasteiger partial charge in [0, 0.05) is 9.85 Å². The number of rotatable bonds is 7. The van der Waals surface area contributed by atoms with Gasteiger partial charge in [0.25, 0.3) is 0 Å². The van der Waals surface area contributed by atoms with Gasteiger partial charge in [0.05, 0.1) is 4.88 Å². The molecule has 0 unspecified atom stereocenters. The summed E-state index contributed by atoms with van der Waals surface area (Å²) in [5, 5.41) is 1.89. The van der Waals surface area contributed by atoms with Gasteiger partial charge >= 0.3 is 0 Å². The van der Waals surface area contributed by atoms with Crippen LogP contribution in [0.2, 0.25) is 0 Å². The van der Waals surface area contributed by atoms with Crippen LogP contribution >= 0.6 is 27.3 Å². The number of thiophene rings is 1. The van der Waals surface area contributed by atoms with Crippen molar-refractivity contribution in [2.45, 2.75) is 20.0 Å². The number of ketones is 1. The highest BCUT2D eigenvalue weighted by Gasteiger charge is 2.06. The Hall–Kier alpha value is -2.11. The Balaban J connectivity index is 1.56. The lowest BCUT2D eigenvalue weighted by atomic mass is 10.2. The van der Waals surface area contributed by atoms with Gasteiger partial charge in [-0.1, -0.05) is 19.1 Å². The average molecular weight is 417 g/mol. The number of benzene rings is 1. The summed E-state index contributed by atoms with van der Waals surface area (Å²) < 4.78 is 12.3. The largest absolute Gasteiger partial charge is 0.486 e. The summed E-state index contributed by atoms with van der Waals surface area (Å²) >= 11 is 4.75. The topological polar surface area (TPSA) is 39.4 Å². The minimum Gasteiger partial charge on any atom is -0.486 e. The third-order valence-electron chi connectivity index (χ3n) is 3.60. The molecule has 0 atom stereocenters. The van der Waals surface area contributed by atoms with Gasteiger partial charge in [-0.3, -0.25) is 4.79 Å². The van der Waals surface area contributed by atoms with Crippen LogP contribution in [0.4, 0.5) is 0 Å². The zero-order chi connectivity index (χ0) is 17.6. The highest BCUT2D eigenvalue weighted by atomic mass is 79.9. The summed E-state index contributed by atoms with van der Waals surface area (Å²) in [5.74, 6) is 2.11. The predicted octanol–water partition coefficient (Wildman–Crippen LogP) is 6.14. The van der Waals surface area contributed by atoms with E-state index in [0.717, 1.165) is 16.6 Å². The molecule has 0 spiro atoms. The number of ether oxygens (including phenoxy) is 1. The van der Waals surface area contributed by atoms with Crippen molar-refractivity contribution in [1.82, 2.24) is 0 Å². The zero-order valence-electron chi connectivity index (χ0n) is 13.7. The third kappa shape index (κ3) is 4.94. The molecule has 0 aliphatic carbocycles. The van der Waals surface area contributed by atoms with Gasteiger partial charge in [-0.15, -0.1) is 11.3 Å². The van der Waals surface area contributed by atoms with E-state index < -0.39 is 0 Å². The van der Waals surface area contributed by atoms with Crippen LogP contribution in [0, 0.1) is 0 Å². The van der Waals surface area contributed by atoms with Crippen molar-refractivity contribution in [3.63, 3.8) is 0 Å². The van der Waals surface area contributed by atoms with Crippen molar-refractivity contribution in [3.05, 3.63) is 80.4 Å². The van der Waals surface area contributed by atoms with Crippen molar-refractivity contribution in [1.29, 1.82) is 0 Å². The molecule has 0 N–H and O–H groups in total. The molecule has 3 aromatic rings. The molecule has 5 heteroatoms. The van der Waals surface area contributed by atoms with Gasteiger partial charge in [0.1, 0.15) is 23.9 Å². The number of carbonyl (C=O) groups is 1. The van der Waals surface area contributed by atoms with Gasteiger partial charge < -0.3 is 9.15 Å². The molecular formula is C20H17BrO3S. The Morgan fingerprint density at radius 2 is 2.04 bits per heavy atom. The van der Waals surface area contributed by atoms with Crippen LogP contribution in [-0.2, 0) is 13.0 Å². The number of hydrogen-bond donors (Lipinski definition) is 0. The first-order valence-electron chi connectivity index (χ1n) is 7.91. The van der Waals surface area contributed by atoms with Gasteiger partial charge in [-0.25, -0.2) is 0 Å². The molecule has 2 aromatic heterocycles. The average Bonchev–Trinajstić information content (AvgIpc) is 3.27. The second kappa shape index (κ2) is 8.32. The summed E-state index contributed by atoms with van der Waals surface area (Å²) in [6.07, 6.45) is 4.20. The highest BCUT2D eigenvalue weighted by molar-refractivity contribution is 9.10. The molecule has 0 saturated carbocycles. The maximum Gasteiger partial charge on any atom is 0.195 e. The molecule has 2 heterocycles. The van der Waals surface area contributed by atoms with Crippen LogP contribution in [0.25, 0.3) is 6.08 Å². The fourth-order valence-corrected chi connectivity index (χ4v) is 3.57. The first kappa shape index (κ1) is 17.7. The fourth-order valence-electron chi connectivity index (χ4n) is 2.22. The monoisotopic (exact) mass is 416 g/mol. The summed E-state index contributed by atoms with van der Waals surface area (Å²) in [6.45, 7) is 2.47. The smallest absolute Gasteiger partial charge is 0.195 e. The van der Waals surface area contributed by atoms with E-state index in [1.807, 2.05) is 35.7 Å². The molecule has 25 heavy (non-hydrogen) atoms. The Kier molecular flexibility index (Phi) is 5.89. The summed E-state index contributed by atoms with van der Waals surface area (Å²) in [7, 11) is 0. The molecule has 0 aliphatic heterocycles. The Bertz CT molecular complexity index is 874. The molecule has 0 radical (unpaired) electrons. The van der Waals surface area contributed by atoms with E-state index in [1.54, 1.807) is 6.08 Å². The fraction of sp³-hybridized carbons (Fsp3) is 0.150. The molecule has 0 aliphatic rings. The number of hydrogen-bond acceptors (Lipinski definition) is 4. The lowest BCUT2D eigenvalue weighted by molar-refractivity contribution is 0.105.